The Bertz CT molecular complexity index is 208. The van der Waals surface area contributed by atoms with Crippen molar-refractivity contribution in [1.82, 2.24) is 0 Å². The van der Waals surface area contributed by atoms with Crippen LogP contribution in [0.25, 0.3) is 0 Å². The van der Waals surface area contributed by atoms with Crippen molar-refractivity contribution >= 4 is 5.97 Å². The number of carboxylic acid groups (broad SMARTS) is 1. The number of aliphatic carboxylic acids is 1. The Balaban J connectivity index is 1.86. The highest BCUT2D eigenvalue weighted by Gasteiger charge is 2.61. The van der Waals surface area contributed by atoms with Crippen LogP contribution >= 0.6 is 0 Å². The minimum absolute atomic E-state index is 0.0544. The molecule has 3 aliphatic rings. The van der Waals surface area contributed by atoms with Crippen molar-refractivity contribution < 1.29 is 9.90 Å². The molecular formula is C9H12O2. The minimum atomic E-state index is -0.523. The van der Waals surface area contributed by atoms with Crippen molar-refractivity contribution in [3.8, 4) is 0 Å². The first-order valence-electron chi connectivity index (χ1n) is 4.50. The van der Waals surface area contributed by atoms with Gasteiger partial charge in [-0.1, -0.05) is 0 Å². The van der Waals surface area contributed by atoms with E-state index in [-0.39, 0.29) is 5.92 Å². The summed E-state index contributed by atoms with van der Waals surface area (Å²) >= 11 is 0. The highest BCUT2D eigenvalue weighted by Crippen LogP contribution is 2.65. The van der Waals surface area contributed by atoms with Gasteiger partial charge >= 0.3 is 5.97 Å². The Morgan fingerprint density at radius 1 is 1.09 bits per heavy atom. The maximum absolute atomic E-state index is 10.8. The molecule has 3 aliphatic carbocycles. The quantitative estimate of drug-likeness (QED) is 0.616. The molecule has 3 saturated carbocycles. The molecule has 0 aromatic rings. The number of hydrogen-bond donors (Lipinski definition) is 1. The van der Waals surface area contributed by atoms with Gasteiger partial charge in [-0.2, -0.15) is 0 Å². The average molecular weight is 152 g/mol. The van der Waals surface area contributed by atoms with E-state index < -0.39 is 5.97 Å². The van der Waals surface area contributed by atoms with E-state index in [1.54, 1.807) is 0 Å². The van der Waals surface area contributed by atoms with Crippen molar-refractivity contribution in [2.24, 2.45) is 29.6 Å². The van der Waals surface area contributed by atoms with Crippen LogP contribution in [-0.4, -0.2) is 11.1 Å². The fourth-order valence-electron chi connectivity index (χ4n) is 3.04. The smallest absolute Gasteiger partial charge is 0.307 e. The predicted octanol–water partition coefficient (Wildman–Crippen LogP) is 1.36. The fourth-order valence-corrected chi connectivity index (χ4v) is 3.04. The van der Waals surface area contributed by atoms with Crippen LogP contribution in [0.15, 0.2) is 0 Å². The van der Waals surface area contributed by atoms with Crippen molar-refractivity contribution in [3.63, 3.8) is 0 Å². The zero-order chi connectivity index (χ0) is 7.59. The molecule has 0 amide bonds. The van der Waals surface area contributed by atoms with Gasteiger partial charge in [0.05, 0.1) is 5.92 Å². The molecule has 0 saturated heterocycles. The van der Waals surface area contributed by atoms with E-state index in [2.05, 4.69) is 0 Å². The Hall–Kier alpha value is -0.530. The van der Waals surface area contributed by atoms with E-state index in [0.717, 1.165) is 11.8 Å². The molecule has 11 heavy (non-hydrogen) atoms. The molecule has 60 valence electrons. The molecule has 2 nitrogen and oxygen atoms in total. The second kappa shape index (κ2) is 1.62. The first-order chi connectivity index (χ1) is 5.27. The SMILES string of the molecule is O=C(O)C1[C@H]2C[C@H]2C[C@H]2C[C@@H]12. The Morgan fingerprint density at radius 3 is 2.09 bits per heavy atom. The van der Waals surface area contributed by atoms with E-state index in [4.69, 9.17) is 5.11 Å². The lowest BCUT2D eigenvalue weighted by atomic mass is 9.89. The van der Waals surface area contributed by atoms with Crippen LogP contribution in [0.4, 0.5) is 0 Å². The fraction of sp³-hybridized carbons (Fsp3) is 0.889. The van der Waals surface area contributed by atoms with Crippen molar-refractivity contribution in [3.05, 3.63) is 0 Å². The van der Waals surface area contributed by atoms with Gasteiger partial charge in [0.1, 0.15) is 0 Å². The van der Waals surface area contributed by atoms with E-state index in [1.165, 1.54) is 19.3 Å². The molecule has 3 fully saturated rings. The normalized spacial score (nSPS) is 57.6. The summed E-state index contributed by atoms with van der Waals surface area (Å²) in [5.74, 6) is 2.30. The van der Waals surface area contributed by atoms with Gasteiger partial charge in [-0.3, -0.25) is 4.79 Å². The summed E-state index contributed by atoms with van der Waals surface area (Å²) in [4.78, 5) is 10.8. The Morgan fingerprint density at radius 2 is 1.64 bits per heavy atom. The van der Waals surface area contributed by atoms with Gasteiger partial charge in [0.15, 0.2) is 0 Å². The second-order valence-electron chi connectivity index (χ2n) is 4.42. The number of rotatable bonds is 1. The van der Waals surface area contributed by atoms with Crippen LogP contribution in [0.5, 0.6) is 0 Å². The lowest BCUT2D eigenvalue weighted by Gasteiger charge is -2.15. The number of carbonyl (C=O) groups is 1. The van der Waals surface area contributed by atoms with Crippen molar-refractivity contribution in [2.75, 3.05) is 0 Å². The average Bonchev–Trinajstić information content (AvgIpc) is 2.69. The van der Waals surface area contributed by atoms with Gasteiger partial charge in [-0.15, -0.1) is 0 Å². The number of fused-ring (bicyclic) bond motifs is 2. The molecule has 5 atom stereocenters. The summed E-state index contributed by atoms with van der Waals surface area (Å²) in [5.41, 5.74) is 0. The van der Waals surface area contributed by atoms with Gasteiger partial charge in [-0.05, 0) is 42.9 Å². The van der Waals surface area contributed by atoms with E-state index >= 15 is 0 Å². The van der Waals surface area contributed by atoms with Gasteiger partial charge < -0.3 is 5.11 Å². The van der Waals surface area contributed by atoms with Crippen LogP contribution in [0, 0.1) is 29.6 Å². The first-order valence-corrected chi connectivity index (χ1v) is 4.50. The third-order valence-electron chi connectivity index (χ3n) is 3.77. The summed E-state index contributed by atoms with van der Waals surface area (Å²) in [6.45, 7) is 0. The lowest BCUT2D eigenvalue weighted by Crippen LogP contribution is -2.22. The molecule has 0 heterocycles. The first kappa shape index (κ1) is 6.04. The van der Waals surface area contributed by atoms with Crippen LogP contribution in [-0.2, 0) is 4.79 Å². The largest absolute Gasteiger partial charge is 0.481 e. The van der Waals surface area contributed by atoms with Crippen LogP contribution in [0.1, 0.15) is 19.3 Å². The zero-order valence-corrected chi connectivity index (χ0v) is 6.36. The number of carboxylic acids is 1. The number of hydrogen-bond acceptors (Lipinski definition) is 1. The van der Waals surface area contributed by atoms with Crippen LogP contribution < -0.4 is 0 Å². The molecule has 1 unspecified atom stereocenters. The summed E-state index contributed by atoms with van der Waals surface area (Å²) in [7, 11) is 0. The minimum Gasteiger partial charge on any atom is -0.481 e. The maximum Gasteiger partial charge on any atom is 0.307 e. The molecule has 0 spiro atoms. The standard InChI is InChI=1S/C9H12O2/c10-9(11)8-6-2-4(6)1-5-3-7(5)8/h4-8H,1-3H2,(H,10,11)/t4-,5+,6+,7-,8?. The molecule has 0 bridgehead atoms. The van der Waals surface area contributed by atoms with E-state index in [9.17, 15) is 4.79 Å². The molecule has 0 aromatic carbocycles. The molecule has 1 N–H and O–H groups in total. The maximum atomic E-state index is 10.8. The van der Waals surface area contributed by atoms with Gasteiger partial charge in [-0.25, -0.2) is 0 Å². The topological polar surface area (TPSA) is 37.3 Å². The summed E-state index contributed by atoms with van der Waals surface area (Å²) in [6.07, 6.45) is 3.77. The molecule has 0 aliphatic heterocycles. The summed E-state index contributed by atoms with van der Waals surface area (Å²) in [6, 6.07) is 0. The third kappa shape index (κ3) is 0.700. The molecule has 0 aromatic heterocycles. The monoisotopic (exact) mass is 152 g/mol. The molecule has 2 heteroatoms. The van der Waals surface area contributed by atoms with Gasteiger partial charge in [0, 0.05) is 0 Å². The van der Waals surface area contributed by atoms with Crippen LogP contribution in [0.2, 0.25) is 0 Å². The third-order valence-corrected chi connectivity index (χ3v) is 3.77. The molecule has 3 rings (SSSR count). The highest BCUT2D eigenvalue weighted by molar-refractivity contribution is 5.72. The lowest BCUT2D eigenvalue weighted by molar-refractivity contribution is -0.144. The Labute approximate surface area is 65.6 Å². The molecule has 0 radical (unpaired) electrons. The molecular weight excluding hydrogens is 140 g/mol. The van der Waals surface area contributed by atoms with E-state index in [0.29, 0.717) is 11.8 Å². The van der Waals surface area contributed by atoms with Crippen molar-refractivity contribution in [2.45, 2.75) is 19.3 Å². The summed E-state index contributed by atoms with van der Waals surface area (Å²) < 4.78 is 0. The zero-order valence-electron chi connectivity index (χ0n) is 6.36. The predicted molar refractivity (Wildman–Crippen MR) is 38.9 cm³/mol. The van der Waals surface area contributed by atoms with Crippen LogP contribution in [0.3, 0.4) is 0 Å². The Kier molecular flexibility index (Phi) is 0.890. The van der Waals surface area contributed by atoms with E-state index in [1.807, 2.05) is 0 Å². The second-order valence-corrected chi connectivity index (χ2v) is 4.42. The van der Waals surface area contributed by atoms with Gasteiger partial charge in [0.2, 0.25) is 0 Å². The highest BCUT2D eigenvalue weighted by atomic mass is 16.4. The van der Waals surface area contributed by atoms with Crippen molar-refractivity contribution in [1.29, 1.82) is 0 Å². The summed E-state index contributed by atoms with van der Waals surface area (Å²) in [5, 5.41) is 8.93. The van der Waals surface area contributed by atoms with Gasteiger partial charge in [0.25, 0.3) is 0 Å².